The molecule has 1 fully saturated rings. The maximum absolute atomic E-state index is 10.9. The van der Waals surface area contributed by atoms with Gasteiger partial charge in [-0.25, -0.2) is 0 Å². The molecule has 0 spiro atoms. The van der Waals surface area contributed by atoms with Crippen LogP contribution in [0.3, 0.4) is 0 Å². The molecule has 0 atom stereocenters. The van der Waals surface area contributed by atoms with Crippen LogP contribution in [0, 0.1) is 12.8 Å². The van der Waals surface area contributed by atoms with Gasteiger partial charge in [0.2, 0.25) is 0 Å². The first kappa shape index (κ1) is 13.1. The molecule has 1 aliphatic carbocycles. The zero-order valence-corrected chi connectivity index (χ0v) is 11.1. The molecule has 0 aliphatic heterocycles. The number of aromatic nitrogens is 2. The predicted molar refractivity (Wildman–Crippen MR) is 68.3 cm³/mol. The quantitative estimate of drug-likeness (QED) is 0.798. The zero-order chi connectivity index (χ0) is 13.1. The minimum absolute atomic E-state index is 0.116. The molecule has 5 nitrogen and oxygen atoms in total. The van der Waals surface area contributed by atoms with Crippen molar-refractivity contribution in [3.05, 3.63) is 17.5 Å². The molecule has 0 bridgehead atoms. The first-order valence-electron chi connectivity index (χ1n) is 6.56. The van der Waals surface area contributed by atoms with Crippen LogP contribution in [0.15, 0.2) is 6.07 Å². The summed E-state index contributed by atoms with van der Waals surface area (Å²) in [7, 11) is 0. The summed E-state index contributed by atoms with van der Waals surface area (Å²) in [5.74, 6) is -0.0571. The predicted octanol–water partition coefficient (Wildman–Crippen LogP) is 1.51. The minimum Gasteiger partial charge on any atom is -0.480 e. The first-order chi connectivity index (χ1) is 8.58. The molecule has 1 aliphatic rings. The van der Waals surface area contributed by atoms with E-state index in [1.165, 1.54) is 12.8 Å². The van der Waals surface area contributed by atoms with Crippen LogP contribution >= 0.6 is 0 Å². The lowest BCUT2D eigenvalue weighted by atomic mass is 10.3. The monoisotopic (exact) mass is 251 g/mol. The van der Waals surface area contributed by atoms with E-state index in [1.807, 2.05) is 22.6 Å². The van der Waals surface area contributed by atoms with Crippen LogP contribution in [-0.4, -0.2) is 38.8 Å². The Morgan fingerprint density at radius 2 is 2.33 bits per heavy atom. The van der Waals surface area contributed by atoms with Gasteiger partial charge in [0, 0.05) is 19.6 Å². The van der Waals surface area contributed by atoms with E-state index in [0.717, 1.165) is 24.5 Å². The second kappa shape index (κ2) is 5.52. The van der Waals surface area contributed by atoms with E-state index in [2.05, 4.69) is 12.0 Å². The fourth-order valence-electron chi connectivity index (χ4n) is 2.27. The number of aliphatic carboxylic acids is 1. The van der Waals surface area contributed by atoms with Crippen LogP contribution in [-0.2, 0) is 17.9 Å². The molecule has 1 N–H and O–H groups in total. The lowest BCUT2D eigenvalue weighted by Crippen LogP contribution is -2.32. The van der Waals surface area contributed by atoms with Crippen LogP contribution in [0.4, 0.5) is 0 Å². The van der Waals surface area contributed by atoms with Crippen molar-refractivity contribution in [1.29, 1.82) is 0 Å². The van der Waals surface area contributed by atoms with E-state index in [4.69, 9.17) is 5.11 Å². The SMILES string of the molecule is CCn1nc(C)cc1CN(CC(=O)O)CC1CC1. The van der Waals surface area contributed by atoms with Crippen molar-refractivity contribution < 1.29 is 9.90 Å². The first-order valence-corrected chi connectivity index (χ1v) is 6.56. The second-order valence-corrected chi connectivity index (χ2v) is 5.10. The van der Waals surface area contributed by atoms with E-state index in [9.17, 15) is 4.79 Å². The summed E-state index contributed by atoms with van der Waals surface area (Å²) in [4.78, 5) is 12.9. The van der Waals surface area contributed by atoms with Crippen molar-refractivity contribution in [2.45, 2.75) is 39.8 Å². The molecule has 1 saturated carbocycles. The number of carboxylic acid groups (broad SMARTS) is 1. The van der Waals surface area contributed by atoms with Gasteiger partial charge >= 0.3 is 5.97 Å². The highest BCUT2D eigenvalue weighted by molar-refractivity contribution is 5.69. The summed E-state index contributed by atoms with van der Waals surface area (Å²) in [6, 6.07) is 2.05. The Kier molecular flexibility index (Phi) is 4.01. The van der Waals surface area contributed by atoms with Crippen LogP contribution in [0.5, 0.6) is 0 Å². The largest absolute Gasteiger partial charge is 0.480 e. The number of carboxylic acids is 1. The van der Waals surface area contributed by atoms with Gasteiger partial charge in [0.25, 0.3) is 0 Å². The van der Waals surface area contributed by atoms with E-state index in [0.29, 0.717) is 12.5 Å². The number of aryl methyl sites for hydroxylation is 2. The Morgan fingerprint density at radius 3 is 2.89 bits per heavy atom. The van der Waals surface area contributed by atoms with Crippen LogP contribution in [0.1, 0.15) is 31.2 Å². The molecule has 1 aromatic heterocycles. The van der Waals surface area contributed by atoms with Gasteiger partial charge in [-0.05, 0) is 38.7 Å². The molecule has 0 saturated heterocycles. The summed E-state index contributed by atoms with van der Waals surface area (Å²) in [5.41, 5.74) is 2.10. The summed E-state index contributed by atoms with van der Waals surface area (Å²) < 4.78 is 1.96. The van der Waals surface area contributed by atoms with Gasteiger partial charge in [-0.2, -0.15) is 5.10 Å². The van der Waals surface area contributed by atoms with Crippen LogP contribution < -0.4 is 0 Å². The summed E-state index contributed by atoms with van der Waals surface area (Å²) in [5, 5.41) is 13.4. The van der Waals surface area contributed by atoms with Crippen molar-refractivity contribution in [2.24, 2.45) is 5.92 Å². The third-order valence-corrected chi connectivity index (χ3v) is 3.24. The number of rotatable bonds is 7. The summed E-state index contributed by atoms with van der Waals surface area (Å²) in [6.07, 6.45) is 2.48. The lowest BCUT2D eigenvalue weighted by Gasteiger charge is -2.20. The van der Waals surface area contributed by atoms with Crippen molar-refractivity contribution in [1.82, 2.24) is 14.7 Å². The normalized spacial score (nSPS) is 15.3. The van der Waals surface area contributed by atoms with Crippen LogP contribution in [0.25, 0.3) is 0 Å². The molecule has 0 aromatic carbocycles. The summed E-state index contributed by atoms with van der Waals surface area (Å²) in [6.45, 7) is 6.53. The average molecular weight is 251 g/mol. The number of carbonyl (C=O) groups is 1. The highest BCUT2D eigenvalue weighted by Gasteiger charge is 2.25. The van der Waals surface area contributed by atoms with Gasteiger partial charge in [0.05, 0.1) is 17.9 Å². The molecular formula is C13H21N3O2. The molecule has 0 unspecified atom stereocenters. The molecule has 1 aromatic rings. The lowest BCUT2D eigenvalue weighted by molar-refractivity contribution is -0.138. The van der Waals surface area contributed by atoms with Crippen molar-refractivity contribution in [3.8, 4) is 0 Å². The van der Waals surface area contributed by atoms with Gasteiger partial charge < -0.3 is 5.11 Å². The van der Waals surface area contributed by atoms with Gasteiger partial charge in [0.1, 0.15) is 0 Å². The molecule has 0 radical (unpaired) electrons. The van der Waals surface area contributed by atoms with Gasteiger partial charge in [-0.15, -0.1) is 0 Å². The Balaban J connectivity index is 2.03. The summed E-state index contributed by atoms with van der Waals surface area (Å²) >= 11 is 0. The molecule has 1 heterocycles. The van der Waals surface area contributed by atoms with Crippen LogP contribution in [0.2, 0.25) is 0 Å². The van der Waals surface area contributed by atoms with E-state index >= 15 is 0 Å². The Bertz CT molecular complexity index is 424. The van der Waals surface area contributed by atoms with Crippen molar-refractivity contribution in [2.75, 3.05) is 13.1 Å². The standard InChI is InChI=1S/C13H21N3O2/c1-3-16-12(6-10(2)14-16)8-15(9-13(17)18)7-11-4-5-11/h6,11H,3-5,7-9H2,1-2H3,(H,17,18). The number of hydrogen-bond donors (Lipinski definition) is 1. The van der Waals surface area contributed by atoms with Gasteiger partial charge in [0.15, 0.2) is 0 Å². The fraction of sp³-hybridized carbons (Fsp3) is 0.692. The molecule has 2 rings (SSSR count). The maximum atomic E-state index is 10.9. The van der Waals surface area contributed by atoms with E-state index in [1.54, 1.807) is 0 Å². The molecular weight excluding hydrogens is 230 g/mol. The Labute approximate surface area is 107 Å². The highest BCUT2D eigenvalue weighted by atomic mass is 16.4. The van der Waals surface area contributed by atoms with Gasteiger partial charge in [-0.1, -0.05) is 0 Å². The average Bonchev–Trinajstić information content (AvgIpc) is 3.01. The fourth-order valence-corrected chi connectivity index (χ4v) is 2.27. The second-order valence-electron chi connectivity index (χ2n) is 5.10. The molecule has 5 heteroatoms. The Morgan fingerprint density at radius 1 is 1.61 bits per heavy atom. The third-order valence-electron chi connectivity index (χ3n) is 3.24. The minimum atomic E-state index is -0.755. The van der Waals surface area contributed by atoms with E-state index < -0.39 is 5.97 Å². The third kappa shape index (κ3) is 3.57. The molecule has 100 valence electrons. The molecule has 18 heavy (non-hydrogen) atoms. The van der Waals surface area contributed by atoms with Gasteiger partial charge in [-0.3, -0.25) is 14.4 Å². The van der Waals surface area contributed by atoms with Crippen molar-refractivity contribution >= 4 is 5.97 Å². The highest BCUT2D eigenvalue weighted by Crippen LogP contribution is 2.30. The maximum Gasteiger partial charge on any atom is 0.317 e. The topological polar surface area (TPSA) is 58.4 Å². The zero-order valence-electron chi connectivity index (χ0n) is 11.1. The molecule has 0 amide bonds. The Hall–Kier alpha value is -1.36. The van der Waals surface area contributed by atoms with E-state index in [-0.39, 0.29) is 6.54 Å². The number of nitrogens with zero attached hydrogens (tertiary/aromatic N) is 3. The number of hydrogen-bond acceptors (Lipinski definition) is 3. The van der Waals surface area contributed by atoms with Crippen molar-refractivity contribution in [3.63, 3.8) is 0 Å². The smallest absolute Gasteiger partial charge is 0.317 e.